The van der Waals surface area contributed by atoms with Crippen LogP contribution in [0, 0.1) is 17.3 Å². The summed E-state index contributed by atoms with van der Waals surface area (Å²) in [7, 11) is 0. The van der Waals surface area contributed by atoms with Crippen LogP contribution in [0.5, 0.6) is 0 Å². The first kappa shape index (κ1) is 24.1. The van der Waals surface area contributed by atoms with E-state index in [9.17, 15) is 15.3 Å². The van der Waals surface area contributed by atoms with Crippen LogP contribution < -0.4 is 0 Å². The molecule has 30 heavy (non-hydrogen) atoms. The number of aliphatic hydroxyl groups is 3. The minimum absolute atomic E-state index is 0.354. The molecule has 0 aromatic heterocycles. The highest BCUT2D eigenvalue weighted by molar-refractivity contribution is 7.99. The second kappa shape index (κ2) is 9.52. The van der Waals surface area contributed by atoms with Crippen LogP contribution in [0.25, 0.3) is 0 Å². The van der Waals surface area contributed by atoms with Gasteiger partial charge in [0.25, 0.3) is 0 Å². The van der Waals surface area contributed by atoms with Crippen LogP contribution >= 0.6 is 11.8 Å². The molecule has 0 heterocycles. The summed E-state index contributed by atoms with van der Waals surface area (Å²) in [5.41, 5.74) is 3.11. The average molecular weight is 435 g/mol. The monoisotopic (exact) mass is 434 g/mol. The largest absolute Gasteiger partial charge is 0.393 e. The molecule has 0 aromatic carbocycles. The minimum Gasteiger partial charge on any atom is -0.393 e. The number of hydrogen-bond acceptors (Lipinski definition) is 4. The summed E-state index contributed by atoms with van der Waals surface area (Å²) in [4.78, 5) is 0. The molecule has 0 spiro atoms. The third-order valence-electron chi connectivity index (χ3n) is 7.96. The van der Waals surface area contributed by atoms with Crippen molar-refractivity contribution < 1.29 is 15.3 Å². The predicted molar refractivity (Wildman–Crippen MR) is 128 cm³/mol. The Morgan fingerprint density at radius 2 is 2.00 bits per heavy atom. The smallest absolute Gasteiger partial charge is 0.0811 e. The van der Waals surface area contributed by atoms with E-state index in [4.69, 9.17) is 0 Å². The lowest BCUT2D eigenvalue weighted by Gasteiger charge is -2.44. The van der Waals surface area contributed by atoms with Gasteiger partial charge in [0.2, 0.25) is 0 Å². The van der Waals surface area contributed by atoms with E-state index in [-0.39, 0.29) is 0 Å². The number of fused-ring (bicyclic) bond motifs is 1. The summed E-state index contributed by atoms with van der Waals surface area (Å²) in [6.07, 6.45) is 11.4. The Kier molecular flexibility index (Phi) is 7.65. The van der Waals surface area contributed by atoms with Gasteiger partial charge in [-0.2, -0.15) is 11.8 Å². The standard InChI is InChI=1S/C26H42O3S/c1-17-20(15-21(27)16-24(17)28)9-8-19-7-6-12-26(5)22(10-11-23(19)26)18(2)30-14-13-25(3,4)29/h8-9,18,21-24,27-29H,1,6-7,10-16H2,2-5H3/t18-,21-,22-,23+,24+,26-/m1/s1. The molecule has 3 saturated carbocycles. The van der Waals surface area contributed by atoms with E-state index in [1.54, 1.807) is 5.57 Å². The molecule has 3 fully saturated rings. The van der Waals surface area contributed by atoms with Gasteiger partial charge in [0, 0.05) is 11.7 Å². The van der Waals surface area contributed by atoms with Crippen LogP contribution in [0.4, 0.5) is 0 Å². The summed E-state index contributed by atoms with van der Waals surface area (Å²) in [5, 5.41) is 30.8. The van der Waals surface area contributed by atoms with E-state index in [2.05, 4.69) is 32.6 Å². The molecule has 0 unspecified atom stereocenters. The molecule has 3 N–H and O–H groups in total. The van der Waals surface area contributed by atoms with Crippen LogP contribution in [0.3, 0.4) is 0 Å². The Morgan fingerprint density at radius 3 is 2.70 bits per heavy atom. The van der Waals surface area contributed by atoms with Gasteiger partial charge < -0.3 is 15.3 Å². The van der Waals surface area contributed by atoms with Gasteiger partial charge in [-0.15, -0.1) is 0 Å². The highest BCUT2D eigenvalue weighted by atomic mass is 32.2. The minimum atomic E-state index is -0.618. The summed E-state index contributed by atoms with van der Waals surface area (Å²) >= 11 is 2.03. The zero-order valence-corrected chi connectivity index (χ0v) is 20.2. The summed E-state index contributed by atoms with van der Waals surface area (Å²) in [6, 6.07) is 0. The van der Waals surface area contributed by atoms with Crippen molar-refractivity contribution in [3.8, 4) is 0 Å². The molecule has 3 nitrogen and oxygen atoms in total. The summed E-state index contributed by atoms with van der Waals surface area (Å²) in [6.45, 7) is 12.8. The fourth-order valence-corrected chi connectivity index (χ4v) is 7.79. The van der Waals surface area contributed by atoms with Crippen LogP contribution in [-0.4, -0.2) is 44.1 Å². The molecule has 3 rings (SSSR count). The van der Waals surface area contributed by atoms with Crippen molar-refractivity contribution in [2.75, 3.05) is 5.75 Å². The van der Waals surface area contributed by atoms with Crippen LogP contribution in [0.2, 0.25) is 0 Å². The third kappa shape index (κ3) is 5.43. The van der Waals surface area contributed by atoms with Gasteiger partial charge in [0.1, 0.15) is 0 Å². The summed E-state index contributed by atoms with van der Waals surface area (Å²) < 4.78 is 0. The Balaban J connectivity index is 1.70. The highest BCUT2D eigenvalue weighted by Crippen LogP contribution is 2.59. The zero-order chi connectivity index (χ0) is 22.1. The Labute approximate surface area is 187 Å². The van der Waals surface area contributed by atoms with E-state index in [1.807, 2.05) is 25.6 Å². The lowest BCUT2D eigenvalue weighted by molar-refractivity contribution is 0.0776. The molecule has 0 amide bonds. The SMILES string of the molecule is C=C1C(=CC=C2CCC[C@]3(C)[C@@H]([C@@H](C)SCCC(C)(C)O)CC[C@@H]23)C[C@@H](O)C[C@@H]1O. The molecular formula is C26H42O3S. The fraction of sp³-hybridized carbons (Fsp3) is 0.769. The van der Waals surface area contributed by atoms with Gasteiger partial charge in [-0.1, -0.05) is 38.2 Å². The first-order chi connectivity index (χ1) is 14.0. The number of allylic oxidation sites excluding steroid dienone is 3. The molecule has 170 valence electrons. The van der Waals surface area contributed by atoms with Crippen LogP contribution in [0.15, 0.2) is 35.5 Å². The van der Waals surface area contributed by atoms with Gasteiger partial charge in [-0.25, -0.2) is 0 Å². The molecular weight excluding hydrogens is 392 g/mol. The second-order valence-electron chi connectivity index (χ2n) is 10.8. The Morgan fingerprint density at radius 1 is 1.27 bits per heavy atom. The molecule has 0 bridgehead atoms. The average Bonchev–Trinajstić information content (AvgIpc) is 3.00. The van der Waals surface area contributed by atoms with Gasteiger partial charge in [0.15, 0.2) is 0 Å². The topological polar surface area (TPSA) is 60.7 Å². The normalized spacial score (nSPS) is 38.8. The lowest BCUT2D eigenvalue weighted by Crippen LogP contribution is -2.37. The van der Waals surface area contributed by atoms with Crippen molar-refractivity contribution in [1.29, 1.82) is 0 Å². The van der Waals surface area contributed by atoms with Gasteiger partial charge in [0.05, 0.1) is 17.8 Å². The van der Waals surface area contributed by atoms with Crippen LogP contribution in [-0.2, 0) is 0 Å². The van der Waals surface area contributed by atoms with Crippen molar-refractivity contribution >= 4 is 11.8 Å². The predicted octanol–water partition coefficient (Wildman–Crippen LogP) is 5.41. The molecule has 0 aromatic rings. The second-order valence-corrected chi connectivity index (χ2v) is 12.3. The van der Waals surface area contributed by atoms with E-state index in [1.165, 1.54) is 25.7 Å². The Hall–Kier alpha value is -0.550. The van der Waals surface area contributed by atoms with E-state index in [0.717, 1.165) is 35.7 Å². The van der Waals surface area contributed by atoms with Crippen molar-refractivity contribution in [3.63, 3.8) is 0 Å². The summed E-state index contributed by atoms with van der Waals surface area (Å²) in [5.74, 6) is 2.37. The van der Waals surface area contributed by atoms with Crippen molar-refractivity contribution in [3.05, 3.63) is 35.5 Å². The van der Waals surface area contributed by atoms with E-state index < -0.39 is 17.8 Å². The number of aliphatic hydroxyl groups excluding tert-OH is 2. The lowest BCUT2D eigenvalue weighted by atomic mass is 9.63. The van der Waals surface area contributed by atoms with E-state index in [0.29, 0.717) is 29.4 Å². The maximum atomic E-state index is 10.1. The molecule has 0 aliphatic heterocycles. The van der Waals surface area contributed by atoms with Crippen molar-refractivity contribution in [2.45, 2.75) is 102 Å². The molecule has 0 radical (unpaired) electrons. The molecule has 3 aliphatic rings. The highest BCUT2D eigenvalue weighted by Gasteiger charge is 2.50. The van der Waals surface area contributed by atoms with Crippen LogP contribution in [0.1, 0.15) is 79.1 Å². The third-order valence-corrected chi connectivity index (χ3v) is 9.26. The van der Waals surface area contributed by atoms with Gasteiger partial charge in [-0.05, 0) is 92.9 Å². The zero-order valence-electron chi connectivity index (χ0n) is 19.4. The molecule has 6 atom stereocenters. The molecule has 0 saturated heterocycles. The first-order valence-corrected chi connectivity index (χ1v) is 12.8. The quantitative estimate of drug-likeness (QED) is 0.523. The van der Waals surface area contributed by atoms with Gasteiger partial charge >= 0.3 is 0 Å². The number of hydrogen-bond donors (Lipinski definition) is 3. The maximum absolute atomic E-state index is 10.1. The molecule has 4 heteroatoms. The van der Waals surface area contributed by atoms with Gasteiger partial charge in [-0.3, -0.25) is 0 Å². The maximum Gasteiger partial charge on any atom is 0.0811 e. The number of rotatable bonds is 6. The van der Waals surface area contributed by atoms with Crippen molar-refractivity contribution in [2.24, 2.45) is 17.3 Å². The first-order valence-electron chi connectivity index (χ1n) is 11.8. The van der Waals surface area contributed by atoms with Crippen molar-refractivity contribution in [1.82, 2.24) is 0 Å². The fourth-order valence-electron chi connectivity index (χ4n) is 6.13. The molecule has 3 aliphatic carbocycles. The Bertz CT molecular complexity index is 689. The number of thioether (sulfide) groups is 1. The van der Waals surface area contributed by atoms with E-state index >= 15 is 0 Å².